The summed E-state index contributed by atoms with van der Waals surface area (Å²) < 4.78 is 16.3. The summed E-state index contributed by atoms with van der Waals surface area (Å²) in [7, 11) is 1.66. The summed E-state index contributed by atoms with van der Waals surface area (Å²) in [6, 6.07) is 0.168. The number of carbonyl (C=O) groups excluding carboxylic acids is 3. The second-order valence-electron chi connectivity index (χ2n) is 8.15. The Hall–Kier alpha value is -2.98. The minimum absolute atomic E-state index is 0.197. The van der Waals surface area contributed by atoms with Crippen LogP contribution in [0.2, 0.25) is 0 Å². The lowest BCUT2D eigenvalue weighted by Crippen LogP contribution is -2.65. The van der Waals surface area contributed by atoms with E-state index in [4.69, 9.17) is 5.11 Å². The van der Waals surface area contributed by atoms with E-state index in [0.29, 0.717) is 19.3 Å². The van der Waals surface area contributed by atoms with E-state index in [1.165, 1.54) is 10.7 Å². The summed E-state index contributed by atoms with van der Waals surface area (Å²) in [5, 5.41) is 20.0. The van der Waals surface area contributed by atoms with Gasteiger partial charge in [0.1, 0.15) is 17.2 Å². The molecule has 30 heavy (non-hydrogen) atoms. The molecule has 10 nitrogen and oxygen atoms in total. The first-order chi connectivity index (χ1) is 14.1. The number of aromatic nitrogens is 2. The summed E-state index contributed by atoms with van der Waals surface area (Å²) in [5.74, 6) is -2.37. The zero-order valence-electron chi connectivity index (χ0n) is 16.7. The normalized spacial score (nSPS) is 19.9. The third-order valence-corrected chi connectivity index (χ3v) is 5.85. The molecule has 2 aliphatic rings. The Morgan fingerprint density at radius 3 is 2.37 bits per heavy atom. The zero-order chi connectivity index (χ0) is 21.9. The molecule has 2 aliphatic carbocycles. The van der Waals surface area contributed by atoms with Crippen LogP contribution in [-0.4, -0.2) is 55.8 Å². The fourth-order valence-electron chi connectivity index (χ4n) is 4.07. The minimum Gasteiger partial charge on any atom is -0.465 e. The maximum Gasteiger partial charge on any atom is 0.405 e. The molecule has 2 saturated carbocycles. The number of ketones is 1. The van der Waals surface area contributed by atoms with Gasteiger partial charge in [0.05, 0.1) is 0 Å². The van der Waals surface area contributed by atoms with Gasteiger partial charge in [0.25, 0.3) is 5.91 Å². The number of anilines is 1. The Labute approximate surface area is 172 Å². The van der Waals surface area contributed by atoms with E-state index in [9.17, 15) is 23.6 Å². The van der Waals surface area contributed by atoms with E-state index < -0.39 is 40.9 Å². The maximum absolute atomic E-state index is 14.9. The Morgan fingerprint density at radius 2 is 1.87 bits per heavy atom. The van der Waals surface area contributed by atoms with Gasteiger partial charge < -0.3 is 21.1 Å². The summed E-state index contributed by atoms with van der Waals surface area (Å²) in [6.45, 7) is 0. The van der Waals surface area contributed by atoms with Crippen LogP contribution in [0, 0.1) is 0 Å². The molecule has 1 aromatic rings. The Kier molecular flexibility index (Phi) is 6.09. The van der Waals surface area contributed by atoms with Crippen LogP contribution >= 0.6 is 0 Å². The fraction of sp³-hybridized carbons (Fsp3) is 0.632. The average Bonchev–Trinajstić information content (AvgIpc) is 3.24. The third-order valence-electron chi connectivity index (χ3n) is 5.85. The first-order valence-corrected chi connectivity index (χ1v) is 9.98. The number of hydrogen-bond acceptors (Lipinski definition) is 5. The van der Waals surface area contributed by atoms with Crippen molar-refractivity contribution in [3.63, 3.8) is 0 Å². The first kappa shape index (κ1) is 21.7. The van der Waals surface area contributed by atoms with Crippen LogP contribution in [0.5, 0.6) is 0 Å². The third kappa shape index (κ3) is 4.77. The number of nitrogens with one attached hydrogen (secondary N) is 3. The number of amides is 3. The SMILES string of the molecule is Cn1ccc(NC(=O)C(=O)C2(NC(=O)C(CC3(F)CCCC3)NC(=O)O)CCC2)n1. The highest BCUT2D eigenvalue weighted by atomic mass is 19.1. The van der Waals surface area contributed by atoms with Crippen molar-refractivity contribution in [2.75, 3.05) is 5.32 Å². The lowest BCUT2D eigenvalue weighted by atomic mass is 9.73. The topological polar surface area (TPSA) is 142 Å². The van der Waals surface area contributed by atoms with Gasteiger partial charge in [-0.2, -0.15) is 5.10 Å². The molecule has 2 fully saturated rings. The molecule has 0 aromatic carbocycles. The van der Waals surface area contributed by atoms with E-state index in [0.717, 1.165) is 0 Å². The first-order valence-electron chi connectivity index (χ1n) is 9.98. The highest BCUT2D eigenvalue weighted by molar-refractivity contribution is 6.44. The molecule has 3 rings (SSSR count). The van der Waals surface area contributed by atoms with E-state index in [2.05, 4.69) is 21.0 Å². The molecule has 0 aliphatic heterocycles. The molecular weight excluding hydrogens is 397 g/mol. The molecular formula is C19H26FN5O5. The Morgan fingerprint density at radius 1 is 1.20 bits per heavy atom. The molecule has 0 spiro atoms. The lowest BCUT2D eigenvalue weighted by molar-refractivity contribution is -0.144. The van der Waals surface area contributed by atoms with Gasteiger partial charge in [0.2, 0.25) is 11.7 Å². The number of hydrogen-bond donors (Lipinski definition) is 4. The van der Waals surface area contributed by atoms with E-state index in [-0.39, 0.29) is 37.9 Å². The summed E-state index contributed by atoms with van der Waals surface area (Å²) in [5.41, 5.74) is -3.05. The van der Waals surface area contributed by atoms with Crippen LogP contribution < -0.4 is 16.0 Å². The van der Waals surface area contributed by atoms with Crippen molar-refractivity contribution < 1.29 is 28.7 Å². The predicted octanol–water partition coefficient (Wildman–Crippen LogP) is 1.28. The second kappa shape index (κ2) is 8.41. The number of alkyl halides is 1. The number of carbonyl (C=O) groups is 4. The number of halogens is 1. The summed E-state index contributed by atoms with van der Waals surface area (Å²) in [4.78, 5) is 49.1. The van der Waals surface area contributed by atoms with Crippen molar-refractivity contribution in [1.29, 1.82) is 0 Å². The van der Waals surface area contributed by atoms with Crippen molar-refractivity contribution >= 4 is 29.5 Å². The molecule has 3 amide bonds. The number of aryl methyl sites for hydroxylation is 1. The van der Waals surface area contributed by atoms with Gasteiger partial charge in [-0.3, -0.25) is 19.1 Å². The van der Waals surface area contributed by atoms with Gasteiger partial charge in [0, 0.05) is 25.7 Å². The summed E-state index contributed by atoms with van der Waals surface area (Å²) in [6.07, 6.45) is 2.80. The Bertz CT molecular complexity index is 844. The van der Waals surface area contributed by atoms with Crippen LogP contribution in [0.15, 0.2) is 12.3 Å². The molecule has 0 saturated heterocycles. The standard InChI is InChI=1S/C19H26FN5O5/c1-25-10-5-13(24-25)22-16(28)14(26)19(8-4-9-19)23-15(27)12(21-17(29)30)11-18(20)6-2-3-7-18/h5,10,12,21H,2-4,6-9,11H2,1H3,(H,23,27)(H,29,30)(H,22,24,28). The molecule has 1 aromatic heterocycles. The van der Waals surface area contributed by atoms with Crippen molar-refractivity contribution in [2.45, 2.75) is 68.6 Å². The van der Waals surface area contributed by atoms with Gasteiger partial charge in [-0.05, 0) is 32.1 Å². The van der Waals surface area contributed by atoms with Crippen molar-refractivity contribution in [2.24, 2.45) is 7.05 Å². The summed E-state index contributed by atoms with van der Waals surface area (Å²) >= 11 is 0. The maximum atomic E-state index is 14.9. The van der Waals surface area contributed by atoms with Crippen LogP contribution in [-0.2, 0) is 21.4 Å². The average molecular weight is 423 g/mol. The van der Waals surface area contributed by atoms with Crippen LogP contribution in [0.3, 0.4) is 0 Å². The predicted molar refractivity (Wildman–Crippen MR) is 103 cm³/mol. The number of rotatable bonds is 8. The molecule has 11 heteroatoms. The molecule has 0 radical (unpaired) electrons. The molecule has 1 unspecified atom stereocenters. The minimum atomic E-state index is -1.63. The van der Waals surface area contributed by atoms with Gasteiger partial charge in [0.15, 0.2) is 5.82 Å². The zero-order valence-corrected chi connectivity index (χ0v) is 16.7. The highest BCUT2D eigenvalue weighted by Crippen LogP contribution is 2.38. The van der Waals surface area contributed by atoms with Gasteiger partial charge in [-0.1, -0.05) is 12.8 Å². The monoisotopic (exact) mass is 423 g/mol. The van der Waals surface area contributed by atoms with Crippen LogP contribution in [0.1, 0.15) is 51.4 Å². The molecule has 0 bridgehead atoms. The molecule has 1 heterocycles. The fourth-order valence-corrected chi connectivity index (χ4v) is 4.07. The van der Waals surface area contributed by atoms with Crippen molar-refractivity contribution in [3.05, 3.63) is 12.3 Å². The van der Waals surface area contributed by atoms with Crippen LogP contribution in [0.25, 0.3) is 0 Å². The van der Waals surface area contributed by atoms with Gasteiger partial charge >= 0.3 is 6.09 Å². The lowest BCUT2D eigenvalue weighted by Gasteiger charge is -2.41. The van der Waals surface area contributed by atoms with E-state index >= 15 is 0 Å². The quantitative estimate of drug-likeness (QED) is 0.464. The number of carboxylic acid groups (broad SMARTS) is 1. The van der Waals surface area contributed by atoms with E-state index in [1.807, 2.05) is 0 Å². The Balaban J connectivity index is 1.69. The smallest absolute Gasteiger partial charge is 0.405 e. The number of Topliss-reactive ketones (excluding diaryl/α,β-unsaturated/α-hetero) is 1. The number of nitrogens with zero attached hydrogens (tertiary/aromatic N) is 2. The highest BCUT2D eigenvalue weighted by Gasteiger charge is 2.50. The molecule has 164 valence electrons. The van der Waals surface area contributed by atoms with Crippen molar-refractivity contribution in [3.8, 4) is 0 Å². The largest absolute Gasteiger partial charge is 0.465 e. The van der Waals surface area contributed by atoms with Crippen LogP contribution in [0.4, 0.5) is 15.0 Å². The molecule has 4 N–H and O–H groups in total. The van der Waals surface area contributed by atoms with Gasteiger partial charge in [-0.15, -0.1) is 0 Å². The van der Waals surface area contributed by atoms with E-state index in [1.54, 1.807) is 13.2 Å². The van der Waals surface area contributed by atoms with Gasteiger partial charge in [-0.25, -0.2) is 9.18 Å². The molecule has 1 atom stereocenters. The second-order valence-corrected chi connectivity index (χ2v) is 8.15. The van der Waals surface area contributed by atoms with Crippen molar-refractivity contribution in [1.82, 2.24) is 20.4 Å².